The van der Waals surface area contributed by atoms with Crippen LogP contribution in [-0.2, 0) is 9.59 Å². The van der Waals surface area contributed by atoms with Gasteiger partial charge >= 0.3 is 60.8 Å². The summed E-state index contributed by atoms with van der Waals surface area (Å²) in [5.74, 6) is -1.64. The summed E-state index contributed by atoms with van der Waals surface area (Å²) >= 11 is 0. The van der Waals surface area contributed by atoms with Crippen LogP contribution in [0.15, 0.2) is 0 Å². The third-order valence-electron chi connectivity index (χ3n) is 1.28. The second kappa shape index (κ2) is 9.60. The number of carboxylic acid groups (broad SMARTS) is 2. The van der Waals surface area contributed by atoms with Crippen molar-refractivity contribution in [1.82, 2.24) is 0 Å². The zero-order chi connectivity index (χ0) is 8.69. The minimum absolute atomic E-state index is 0. The van der Waals surface area contributed by atoms with Crippen molar-refractivity contribution in [2.45, 2.75) is 32.1 Å². The molecule has 68 valence electrons. The maximum absolute atomic E-state index is 9.98. The molecule has 0 fully saturated rings. The van der Waals surface area contributed by atoms with Gasteiger partial charge in [0.05, 0.1) is 0 Å². The monoisotopic (exact) mass is 300 g/mol. The van der Waals surface area contributed by atoms with Gasteiger partial charge in [-0.25, -0.2) is 0 Å². The molecule has 0 radical (unpaired) electrons. The smallest absolute Gasteiger partial charge is 1.00 e. The van der Waals surface area contributed by atoms with Gasteiger partial charge in [-0.1, -0.05) is 6.42 Å². The van der Waals surface area contributed by atoms with Gasteiger partial charge in [0, 0.05) is 12.8 Å². The van der Waals surface area contributed by atoms with Crippen LogP contribution in [0.2, 0.25) is 0 Å². The quantitative estimate of drug-likeness (QED) is 0.566. The van der Waals surface area contributed by atoms with Crippen LogP contribution >= 0.6 is 0 Å². The third-order valence-corrected chi connectivity index (χ3v) is 1.28. The average molecular weight is 300 g/mol. The van der Waals surface area contributed by atoms with E-state index in [1.165, 1.54) is 0 Å². The summed E-state index contributed by atoms with van der Waals surface area (Å²) in [5, 5.41) is 16.4. The molecule has 0 saturated heterocycles. The van der Waals surface area contributed by atoms with Crippen molar-refractivity contribution in [2.75, 3.05) is 0 Å². The first-order chi connectivity index (χ1) is 5.13. The molecule has 0 aromatic heterocycles. The molecule has 4 nitrogen and oxygen atoms in total. The fourth-order valence-corrected chi connectivity index (χ4v) is 0.729. The van der Waals surface area contributed by atoms with Crippen molar-refractivity contribution in [3.8, 4) is 0 Å². The van der Waals surface area contributed by atoms with Crippen molar-refractivity contribution < 1.29 is 22.7 Å². The molecule has 0 atom stereocenters. The number of hydrogen-bond acceptors (Lipinski definition) is 2. The zero-order valence-corrected chi connectivity index (χ0v) is 11.4. The molecular weight excluding hydrogens is 285 g/mol. The van der Waals surface area contributed by atoms with E-state index in [1.54, 1.807) is 0 Å². The van der Waals surface area contributed by atoms with Gasteiger partial charge in [-0.15, -0.1) is 0 Å². The first-order valence-electron chi connectivity index (χ1n) is 3.56. The van der Waals surface area contributed by atoms with E-state index in [2.05, 4.69) is 0 Å². The molecular formula is C7H14BaO4. The summed E-state index contributed by atoms with van der Waals surface area (Å²) in [6.07, 6.45) is 2.10. The third kappa shape index (κ3) is 13.1. The molecule has 0 aliphatic heterocycles. The Bertz CT molecular complexity index is 139. The van der Waals surface area contributed by atoms with Crippen LogP contribution in [0.4, 0.5) is 0 Å². The van der Waals surface area contributed by atoms with Gasteiger partial charge in [0.15, 0.2) is 0 Å². The molecule has 5 heteroatoms. The Morgan fingerprint density at radius 1 is 0.917 bits per heavy atom. The molecule has 0 heterocycles. The summed E-state index contributed by atoms with van der Waals surface area (Å²) in [4.78, 5) is 20.0. The Morgan fingerprint density at radius 2 is 1.25 bits per heavy atom. The van der Waals surface area contributed by atoms with Crippen LogP contribution < -0.4 is 0 Å². The van der Waals surface area contributed by atoms with E-state index in [0.717, 1.165) is 0 Å². The van der Waals surface area contributed by atoms with E-state index < -0.39 is 11.9 Å². The predicted octanol–water partition coefficient (Wildman–Crippen LogP) is 0.950. The van der Waals surface area contributed by atoms with Gasteiger partial charge < -0.3 is 13.1 Å². The predicted molar refractivity (Wildman–Crippen MR) is 46.3 cm³/mol. The topological polar surface area (TPSA) is 74.6 Å². The van der Waals surface area contributed by atoms with Crippen LogP contribution in [0.25, 0.3) is 0 Å². The van der Waals surface area contributed by atoms with Gasteiger partial charge in [0.25, 0.3) is 0 Å². The largest absolute Gasteiger partial charge is 2.00 e. The van der Waals surface area contributed by atoms with Crippen LogP contribution in [0.3, 0.4) is 0 Å². The van der Waals surface area contributed by atoms with Crippen LogP contribution in [0, 0.1) is 0 Å². The second-order valence-electron chi connectivity index (χ2n) is 2.35. The van der Waals surface area contributed by atoms with E-state index in [-0.39, 0.29) is 64.6 Å². The Hall–Kier alpha value is 0.511. The number of carboxylic acids is 2. The van der Waals surface area contributed by atoms with Crippen LogP contribution in [0.5, 0.6) is 0 Å². The fraction of sp³-hybridized carbons (Fsp3) is 0.714. The molecule has 0 aromatic carbocycles. The van der Waals surface area contributed by atoms with E-state index >= 15 is 0 Å². The van der Waals surface area contributed by atoms with Crippen LogP contribution in [0.1, 0.15) is 35.0 Å². The number of aliphatic carboxylic acids is 2. The Morgan fingerprint density at radius 3 is 1.50 bits per heavy atom. The summed E-state index contributed by atoms with van der Waals surface area (Å²) in [6.45, 7) is 0. The van der Waals surface area contributed by atoms with Crippen molar-refractivity contribution >= 4 is 60.8 Å². The summed E-state index contributed by atoms with van der Waals surface area (Å²) in [7, 11) is 0. The first kappa shape index (κ1) is 15.0. The normalized spacial score (nSPS) is 8.67. The molecule has 0 spiro atoms. The van der Waals surface area contributed by atoms with Gasteiger partial charge in [-0.3, -0.25) is 9.59 Å². The minimum Gasteiger partial charge on any atom is -1.00 e. The van der Waals surface area contributed by atoms with E-state index in [4.69, 9.17) is 10.2 Å². The molecule has 0 aromatic rings. The molecule has 0 amide bonds. The summed E-state index contributed by atoms with van der Waals surface area (Å²) in [6, 6.07) is 0. The minimum atomic E-state index is -0.819. The summed E-state index contributed by atoms with van der Waals surface area (Å²) < 4.78 is 0. The molecule has 0 saturated carbocycles. The van der Waals surface area contributed by atoms with Gasteiger partial charge in [0.1, 0.15) is 0 Å². The molecule has 0 aliphatic rings. The Balaban J connectivity index is -0.000000167. The summed E-state index contributed by atoms with van der Waals surface area (Å²) in [5.41, 5.74) is 0. The van der Waals surface area contributed by atoms with E-state index in [1.807, 2.05) is 0 Å². The van der Waals surface area contributed by atoms with Gasteiger partial charge in [0.2, 0.25) is 0 Å². The van der Waals surface area contributed by atoms with Crippen molar-refractivity contribution in [1.29, 1.82) is 0 Å². The number of rotatable bonds is 6. The molecule has 12 heavy (non-hydrogen) atoms. The number of hydrogen-bond donors (Lipinski definition) is 2. The number of carbonyl (C=O) groups is 2. The van der Waals surface area contributed by atoms with Crippen molar-refractivity contribution in [3.05, 3.63) is 0 Å². The molecule has 0 rings (SSSR count). The van der Waals surface area contributed by atoms with E-state index in [9.17, 15) is 9.59 Å². The Kier molecular flexibility index (Phi) is 12.0. The SMILES string of the molecule is O=C(O)CCCCCC(=O)O.[Ba+2].[H-].[H-]. The van der Waals surface area contributed by atoms with Crippen molar-refractivity contribution in [2.24, 2.45) is 0 Å². The standard InChI is InChI=1S/C7H12O4.Ba.2H/c8-6(9)4-2-1-3-5-7(10)11;;;/h1-5H2,(H,8,9)(H,10,11);;;/q;+2;2*-1. The van der Waals surface area contributed by atoms with Gasteiger partial charge in [-0.2, -0.15) is 0 Å². The Labute approximate surface area is 114 Å². The molecule has 0 unspecified atom stereocenters. The maximum Gasteiger partial charge on any atom is 2.00 e. The zero-order valence-electron chi connectivity index (χ0n) is 8.95. The van der Waals surface area contributed by atoms with Gasteiger partial charge in [-0.05, 0) is 12.8 Å². The first-order valence-corrected chi connectivity index (χ1v) is 3.56. The van der Waals surface area contributed by atoms with Crippen molar-refractivity contribution in [3.63, 3.8) is 0 Å². The molecule has 0 aliphatic carbocycles. The van der Waals surface area contributed by atoms with E-state index in [0.29, 0.717) is 19.3 Å². The number of unbranched alkanes of at least 4 members (excludes halogenated alkanes) is 2. The maximum atomic E-state index is 9.98. The fourth-order valence-electron chi connectivity index (χ4n) is 0.729. The second-order valence-corrected chi connectivity index (χ2v) is 2.35. The average Bonchev–Trinajstić information content (AvgIpc) is 1.85. The van der Waals surface area contributed by atoms with Crippen LogP contribution in [-0.4, -0.2) is 71.0 Å². The molecule has 0 bridgehead atoms. The molecule has 2 N–H and O–H groups in total.